The molecule has 1 rings (SSSR count). The molecule has 1 aromatic carbocycles. The lowest BCUT2D eigenvalue weighted by Gasteiger charge is -2.20. The first-order valence-corrected chi connectivity index (χ1v) is 7.64. The maximum atomic E-state index is 9.18. The Morgan fingerprint density at radius 2 is 2.05 bits per heavy atom. The lowest BCUT2D eigenvalue weighted by molar-refractivity contribution is 0.281. The molecule has 2 heteroatoms. The van der Waals surface area contributed by atoms with Crippen molar-refractivity contribution in [2.45, 2.75) is 59.1 Å². The molecule has 0 aromatic heterocycles. The fourth-order valence-electron chi connectivity index (χ4n) is 2.37. The molecule has 0 saturated heterocycles. The van der Waals surface area contributed by atoms with Crippen LogP contribution < -0.4 is 5.32 Å². The van der Waals surface area contributed by atoms with Gasteiger partial charge in [-0.3, -0.25) is 0 Å². The van der Waals surface area contributed by atoms with Crippen molar-refractivity contribution in [3.63, 3.8) is 0 Å². The number of unbranched alkanes of at least 4 members (excludes halogenated alkanes) is 1. The molecule has 0 amide bonds. The van der Waals surface area contributed by atoms with E-state index in [4.69, 9.17) is 0 Å². The van der Waals surface area contributed by atoms with Crippen molar-refractivity contribution >= 4 is 0 Å². The van der Waals surface area contributed by atoms with Gasteiger partial charge in [0.25, 0.3) is 0 Å². The lowest BCUT2D eigenvalue weighted by atomic mass is 9.98. The van der Waals surface area contributed by atoms with E-state index in [0.717, 1.165) is 18.0 Å². The molecule has 0 bridgehead atoms. The number of aliphatic hydroxyl groups excluding tert-OH is 1. The van der Waals surface area contributed by atoms with Crippen LogP contribution in [0.4, 0.5) is 0 Å². The Kier molecular flexibility index (Phi) is 7.76. The number of hydrogen-bond acceptors (Lipinski definition) is 2. The number of benzene rings is 1. The second-order valence-electron chi connectivity index (χ2n) is 5.45. The average molecular weight is 263 g/mol. The van der Waals surface area contributed by atoms with Gasteiger partial charge in [-0.2, -0.15) is 0 Å². The lowest BCUT2D eigenvalue weighted by Crippen LogP contribution is -2.25. The summed E-state index contributed by atoms with van der Waals surface area (Å²) in [7, 11) is 0. The van der Waals surface area contributed by atoms with E-state index in [2.05, 4.69) is 38.2 Å². The summed E-state index contributed by atoms with van der Waals surface area (Å²) >= 11 is 0. The summed E-state index contributed by atoms with van der Waals surface area (Å²) in [5.74, 6) is 0.781. The van der Waals surface area contributed by atoms with Crippen LogP contribution in [0.15, 0.2) is 24.3 Å². The number of hydrogen-bond donors (Lipinski definition) is 2. The summed E-state index contributed by atoms with van der Waals surface area (Å²) in [5.41, 5.74) is 2.25. The smallest absolute Gasteiger partial charge is 0.0681 e. The molecule has 0 unspecified atom stereocenters. The maximum absolute atomic E-state index is 9.18. The second-order valence-corrected chi connectivity index (χ2v) is 5.45. The topological polar surface area (TPSA) is 32.3 Å². The Morgan fingerprint density at radius 3 is 2.68 bits per heavy atom. The van der Waals surface area contributed by atoms with Gasteiger partial charge in [-0.05, 0) is 36.9 Å². The van der Waals surface area contributed by atoms with Gasteiger partial charge in [0, 0.05) is 6.04 Å². The molecule has 0 fully saturated rings. The zero-order valence-corrected chi connectivity index (χ0v) is 12.7. The van der Waals surface area contributed by atoms with Crippen LogP contribution in [-0.4, -0.2) is 11.7 Å². The summed E-state index contributed by atoms with van der Waals surface area (Å²) in [6.45, 7) is 7.93. The van der Waals surface area contributed by atoms with Crippen LogP contribution in [0, 0.1) is 5.92 Å². The van der Waals surface area contributed by atoms with Gasteiger partial charge in [-0.15, -0.1) is 0 Å². The first kappa shape index (κ1) is 16.2. The number of rotatable bonds is 9. The fraction of sp³-hybridized carbons (Fsp3) is 0.647. The largest absolute Gasteiger partial charge is 0.392 e. The molecule has 2 atom stereocenters. The molecule has 0 radical (unpaired) electrons. The van der Waals surface area contributed by atoms with Crippen LogP contribution >= 0.6 is 0 Å². The van der Waals surface area contributed by atoms with E-state index in [1.54, 1.807) is 0 Å². The van der Waals surface area contributed by atoms with Crippen LogP contribution in [0.2, 0.25) is 0 Å². The van der Waals surface area contributed by atoms with Crippen molar-refractivity contribution in [3.05, 3.63) is 35.4 Å². The van der Waals surface area contributed by atoms with Crippen LogP contribution in [0.25, 0.3) is 0 Å². The zero-order chi connectivity index (χ0) is 14.1. The summed E-state index contributed by atoms with van der Waals surface area (Å²) in [6.07, 6.45) is 5.18. The molecule has 0 aliphatic rings. The van der Waals surface area contributed by atoms with Crippen molar-refractivity contribution in [2.75, 3.05) is 6.54 Å². The standard InChI is InChI=1S/C17H29NO/c1-4-6-8-15(5-2)12-18-14(3)17-10-7-9-16(11-17)13-19/h7,9-11,14-15,18-19H,4-6,8,12-13H2,1-3H3/t14-,15-/m0/s1. The van der Waals surface area contributed by atoms with Crippen molar-refractivity contribution in [1.29, 1.82) is 0 Å². The molecule has 19 heavy (non-hydrogen) atoms. The molecular weight excluding hydrogens is 234 g/mol. The molecular formula is C17H29NO. The molecule has 0 spiro atoms. The molecule has 0 heterocycles. The Bertz CT molecular complexity index is 351. The molecule has 2 N–H and O–H groups in total. The van der Waals surface area contributed by atoms with Crippen molar-refractivity contribution in [2.24, 2.45) is 5.92 Å². The predicted molar refractivity (Wildman–Crippen MR) is 82.1 cm³/mol. The molecule has 0 saturated carbocycles. The van der Waals surface area contributed by atoms with Gasteiger partial charge < -0.3 is 10.4 Å². The van der Waals surface area contributed by atoms with E-state index in [1.807, 2.05) is 12.1 Å². The van der Waals surface area contributed by atoms with Gasteiger partial charge >= 0.3 is 0 Å². The first-order chi connectivity index (χ1) is 9.21. The Morgan fingerprint density at radius 1 is 1.26 bits per heavy atom. The van der Waals surface area contributed by atoms with E-state index < -0.39 is 0 Å². The minimum atomic E-state index is 0.120. The highest BCUT2D eigenvalue weighted by atomic mass is 16.3. The fourth-order valence-corrected chi connectivity index (χ4v) is 2.37. The van der Waals surface area contributed by atoms with Crippen molar-refractivity contribution in [1.82, 2.24) is 5.32 Å². The van der Waals surface area contributed by atoms with Gasteiger partial charge in [0.1, 0.15) is 0 Å². The van der Waals surface area contributed by atoms with Gasteiger partial charge in [0.2, 0.25) is 0 Å². The van der Waals surface area contributed by atoms with Gasteiger partial charge in [-0.1, -0.05) is 57.4 Å². The van der Waals surface area contributed by atoms with Crippen LogP contribution in [-0.2, 0) is 6.61 Å². The number of aliphatic hydroxyl groups is 1. The van der Waals surface area contributed by atoms with Gasteiger partial charge in [-0.25, -0.2) is 0 Å². The Balaban J connectivity index is 2.46. The normalized spacial score (nSPS) is 14.3. The van der Waals surface area contributed by atoms with Crippen molar-refractivity contribution < 1.29 is 5.11 Å². The second kappa shape index (κ2) is 9.11. The number of nitrogens with one attached hydrogen (secondary N) is 1. The zero-order valence-electron chi connectivity index (χ0n) is 12.7. The summed E-state index contributed by atoms with van der Waals surface area (Å²) in [6, 6.07) is 8.55. The first-order valence-electron chi connectivity index (χ1n) is 7.64. The maximum Gasteiger partial charge on any atom is 0.0681 e. The minimum Gasteiger partial charge on any atom is -0.392 e. The molecule has 108 valence electrons. The van der Waals surface area contributed by atoms with E-state index >= 15 is 0 Å². The van der Waals surface area contributed by atoms with Crippen LogP contribution in [0.1, 0.15) is 63.6 Å². The third kappa shape index (κ3) is 5.75. The highest BCUT2D eigenvalue weighted by Crippen LogP contribution is 2.17. The van der Waals surface area contributed by atoms with Gasteiger partial charge in [0.15, 0.2) is 0 Å². The third-order valence-electron chi connectivity index (χ3n) is 3.89. The van der Waals surface area contributed by atoms with E-state index in [1.165, 1.54) is 31.2 Å². The SMILES string of the molecule is CCCC[C@H](CC)CN[C@@H](C)c1cccc(CO)c1. The highest BCUT2D eigenvalue weighted by Gasteiger charge is 2.09. The van der Waals surface area contributed by atoms with Crippen molar-refractivity contribution in [3.8, 4) is 0 Å². The van der Waals surface area contributed by atoms with E-state index in [9.17, 15) is 5.11 Å². The Hall–Kier alpha value is -0.860. The van der Waals surface area contributed by atoms with E-state index in [-0.39, 0.29) is 6.61 Å². The minimum absolute atomic E-state index is 0.120. The molecule has 2 nitrogen and oxygen atoms in total. The quantitative estimate of drug-likeness (QED) is 0.704. The van der Waals surface area contributed by atoms with E-state index in [0.29, 0.717) is 6.04 Å². The van der Waals surface area contributed by atoms with Gasteiger partial charge in [0.05, 0.1) is 6.61 Å². The average Bonchev–Trinajstić information content (AvgIpc) is 2.47. The highest BCUT2D eigenvalue weighted by molar-refractivity contribution is 5.25. The predicted octanol–water partition coefficient (Wildman–Crippen LogP) is 4.05. The molecule has 1 aromatic rings. The Labute approximate surface area is 118 Å². The third-order valence-corrected chi connectivity index (χ3v) is 3.89. The summed E-state index contributed by atoms with van der Waals surface area (Å²) < 4.78 is 0. The molecule has 0 aliphatic heterocycles. The van der Waals surface area contributed by atoms with Crippen LogP contribution in [0.3, 0.4) is 0 Å². The summed E-state index contributed by atoms with van der Waals surface area (Å²) in [4.78, 5) is 0. The monoisotopic (exact) mass is 263 g/mol. The van der Waals surface area contributed by atoms with Crippen LogP contribution in [0.5, 0.6) is 0 Å². The summed E-state index contributed by atoms with van der Waals surface area (Å²) in [5, 5.41) is 12.8. The molecule has 0 aliphatic carbocycles.